The van der Waals surface area contributed by atoms with Gasteiger partial charge in [0.05, 0.1) is 5.56 Å². The molecule has 2 N–H and O–H groups in total. The number of carbonyl (C=O) groups excluding carboxylic acids is 1. The lowest BCUT2D eigenvalue weighted by atomic mass is 10.1. The van der Waals surface area contributed by atoms with Crippen molar-refractivity contribution in [2.75, 3.05) is 26.0 Å². The Morgan fingerprint density at radius 1 is 1.45 bits per heavy atom. The van der Waals surface area contributed by atoms with Crippen molar-refractivity contribution in [3.8, 4) is 0 Å². The van der Waals surface area contributed by atoms with E-state index in [2.05, 4.69) is 29.5 Å². The first-order valence-electron chi connectivity index (χ1n) is 7.31. The Labute approximate surface area is 121 Å². The highest BCUT2D eigenvalue weighted by molar-refractivity contribution is 5.99. The summed E-state index contributed by atoms with van der Waals surface area (Å²) in [5.74, 6) is -0.00547. The van der Waals surface area contributed by atoms with Crippen LogP contribution >= 0.6 is 0 Å². The predicted molar refractivity (Wildman–Crippen MR) is 83.3 cm³/mol. The average molecular weight is 275 g/mol. The molecule has 2 rings (SSSR count). The summed E-state index contributed by atoms with van der Waals surface area (Å²) in [6.07, 6.45) is 2.58. The number of aryl methyl sites for hydroxylation is 1. The number of carbonyl (C=O) groups is 1. The SMILES string of the molecule is CNc1ccc(C)cc1C(=O)NCC(C)N(C)C1CC1. The van der Waals surface area contributed by atoms with Crippen LogP contribution in [0, 0.1) is 6.92 Å². The fourth-order valence-electron chi connectivity index (χ4n) is 2.39. The van der Waals surface area contributed by atoms with Crippen molar-refractivity contribution in [3.05, 3.63) is 29.3 Å². The maximum atomic E-state index is 12.3. The second kappa shape index (κ2) is 6.27. The maximum absolute atomic E-state index is 12.3. The molecular weight excluding hydrogens is 250 g/mol. The summed E-state index contributed by atoms with van der Waals surface area (Å²) < 4.78 is 0. The Bertz CT molecular complexity index is 483. The molecule has 1 unspecified atom stereocenters. The number of hydrogen-bond acceptors (Lipinski definition) is 3. The fraction of sp³-hybridized carbons (Fsp3) is 0.562. The molecule has 4 heteroatoms. The monoisotopic (exact) mass is 275 g/mol. The molecule has 0 bridgehead atoms. The second-order valence-corrected chi connectivity index (χ2v) is 5.75. The number of hydrogen-bond donors (Lipinski definition) is 2. The van der Waals surface area contributed by atoms with E-state index in [9.17, 15) is 4.79 Å². The Morgan fingerprint density at radius 3 is 2.75 bits per heavy atom. The van der Waals surface area contributed by atoms with Gasteiger partial charge in [0.1, 0.15) is 0 Å². The van der Waals surface area contributed by atoms with E-state index in [0.29, 0.717) is 24.2 Å². The molecule has 1 amide bonds. The summed E-state index contributed by atoms with van der Waals surface area (Å²) in [7, 11) is 3.98. The van der Waals surface area contributed by atoms with E-state index in [0.717, 1.165) is 11.3 Å². The third-order valence-electron chi connectivity index (χ3n) is 4.07. The Morgan fingerprint density at radius 2 is 2.15 bits per heavy atom. The Balaban J connectivity index is 1.95. The second-order valence-electron chi connectivity index (χ2n) is 5.75. The van der Waals surface area contributed by atoms with E-state index in [4.69, 9.17) is 0 Å². The minimum atomic E-state index is -0.00547. The lowest BCUT2D eigenvalue weighted by Crippen LogP contribution is -2.41. The molecule has 1 saturated carbocycles. The molecule has 1 atom stereocenters. The van der Waals surface area contributed by atoms with E-state index in [-0.39, 0.29) is 5.91 Å². The van der Waals surface area contributed by atoms with Crippen LogP contribution in [0.5, 0.6) is 0 Å². The van der Waals surface area contributed by atoms with Gasteiger partial charge in [-0.1, -0.05) is 11.6 Å². The molecule has 0 radical (unpaired) electrons. The predicted octanol–water partition coefficient (Wildman–Crippen LogP) is 2.25. The van der Waals surface area contributed by atoms with Gasteiger partial charge in [0.15, 0.2) is 0 Å². The van der Waals surface area contributed by atoms with Crippen molar-refractivity contribution in [2.45, 2.75) is 38.8 Å². The van der Waals surface area contributed by atoms with Crippen molar-refractivity contribution in [3.63, 3.8) is 0 Å². The molecule has 1 fully saturated rings. The normalized spacial score (nSPS) is 16.1. The van der Waals surface area contributed by atoms with Crippen LogP contribution in [-0.2, 0) is 0 Å². The molecule has 0 aliphatic heterocycles. The molecule has 0 saturated heterocycles. The van der Waals surface area contributed by atoms with Gasteiger partial charge >= 0.3 is 0 Å². The molecule has 0 heterocycles. The molecule has 1 aliphatic rings. The van der Waals surface area contributed by atoms with Gasteiger partial charge in [-0.15, -0.1) is 0 Å². The smallest absolute Gasteiger partial charge is 0.253 e. The molecule has 4 nitrogen and oxygen atoms in total. The maximum Gasteiger partial charge on any atom is 0.253 e. The van der Waals surface area contributed by atoms with E-state index in [1.807, 2.05) is 32.2 Å². The summed E-state index contributed by atoms with van der Waals surface area (Å²) >= 11 is 0. The van der Waals surface area contributed by atoms with Crippen LogP contribution in [-0.4, -0.2) is 43.5 Å². The van der Waals surface area contributed by atoms with Crippen LogP contribution in [0.25, 0.3) is 0 Å². The first kappa shape index (κ1) is 14.9. The van der Waals surface area contributed by atoms with Crippen LogP contribution in [0.4, 0.5) is 5.69 Å². The molecule has 110 valence electrons. The highest BCUT2D eigenvalue weighted by atomic mass is 16.1. The molecule has 20 heavy (non-hydrogen) atoms. The minimum Gasteiger partial charge on any atom is -0.387 e. The molecular formula is C16H25N3O. The van der Waals surface area contributed by atoms with Gasteiger partial charge in [-0.2, -0.15) is 0 Å². The summed E-state index contributed by atoms with van der Waals surface area (Å²) in [5, 5.41) is 6.11. The van der Waals surface area contributed by atoms with E-state index >= 15 is 0 Å². The Kier molecular flexibility index (Phi) is 4.65. The van der Waals surface area contributed by atoms with E-state index in [1.54, 1.807) is 0 Å². The number of nitrogens with one attached hydrogen (secondary N) is 2. The molecule has 0 aromatic heterocycles. The molecule has 0 spiro atoms. The van der Waals surface area contributed by atoms with Gasteiger partial charge in [-0.3, -0.25) is 9.69 Å². The van der Waals surface area contributed by atoms with Gasteiger partial charge in [-0.25, -0.2) is 0 Å². The lowest BCUT2D eigenvalue weighted by Gasteiger charge is -2.24. The largest absolute Gasteiger partial charge is 0.387 e. The van der Waals surface area contributed by atoms with Gasteiger partial charge in [0.2, 0.25) is 0 Å². The van der Waals surface area contributed by atoms with Crippen LogP contribution in [0.15, 0.2) is 18.2 Å². The number of benzene rings is 1. The molecule has 1 aromatic rings. The number of nitrogens with zero attached hydrogens (tertiary/aromatic N) is 1. The number of likely N-dealkylation sites (N-methyl/N-ethyl adjacent to an activating group) is 1. The quantitative estimate of drug-likeness (QED) is 0.837. The van der Waals surface area contributed by atoms with Crippen molar-refractivity contribution in [1.82, 2.24) is 10.2 Å². The van der Waals surface area contributed by atoms with Crippen molar-refractivity contribution in [2.24, 2.45) is 0 Å². The third kappa shape index (κ3) is 3.51. The van der Waals surface area contributed by atoms with Gasteiger partial charge in [0.25, 0.3) is 5.91 Å². The molecule has 1 aromatic carbocycles. The van der Waals surface area contributed by atoms with Gasteiger partial charge in [-0.05, 0) is 45.9 Å². The molecule has 1 aliphatic carbocycles. The van der Waals surface area contributed by atoms with Crippen molar-refractivity contribution in [1.29, 1.82) is 0 Å². The first-order valence-corrected chi connectivity index (χ1v) is 7.31. The zero-order chi connectivity index (χ0) is 14.7. The summed E-state index contributed by atoms with van der Waals surface area (Å²) in [5.41, 5.74) is 2.68. The highest BCUT2D eigenvalue weighted by Crippen LogP contribution is 2.26. The number of anilines is 1. The number of rotatable bonds is 6. The third-order valence-corrected chi connectivity index (χ3v) is 4.07. The van der Waals surface area contributed by atoms with E-state index in [1.165, 1.54) is 12.8 Å². The summed E-state index contributed by atoms with van der Waals surface area (Å²) in [4.78, 5) is 14.7. The summed E-state index contributed by atoms with van der Waals surface area (Å²) in [6.45, 7) is 4.84. The van der Waals surface area contributed by atoms with Crippen LogP contribution in [0.2, 0.25) is 0 Å². The summed E-state index contributed by atoms with van der Waals surface area (Å²) in [6, 6.07) is 6.97. The highest BCUT2D eigenvalue weighted by Gasteiger charge is 2.29. The number of amides is 1. The van der Waals surface area contributed by atoms with Crippen molar-refractivity contribution < 1.29 is 4.79 Å². The zero-order valence-electron chi connectivity index (χ0n) is 12.9. The first-order chi connectivity index (χ1) is 9.52. The standard InChI is InChI=1S/C16H25N3O/c1-11-5-8-15(17-3)14(9-11)16(20)18-10-12(2)19(4)13-6-7-13/h5,8-9,12-13,17H,6-7,10H2,1-4H3,(H,18,20). The fourth-order valence-corrected chi connectivity index (χ4v) is 2.39. The zero-order valence-corrected chi connectivity index (χ0v) is 12.9. The average Bonchev–Trinajstić information content (AvgIpc) is 3.28. The van der Waals surface area contributed by atoms with E-state index < -0.39 is 0 Å². The van der Waals surface area contributed by atoms with Crippen LogP contribution < -0.4 is 10.6 Å². The van der Waals surface area contributed by atoms with Crippen molar-refractivity contribution >= 4 is 11.6 Å². The topological polar surface area (TPSA) is 44.4 Å². The van der Waals surface area contributed by atoms with Crippen LogP contribution in [0.1, 0.15) is 35.7 Å². The minimum absolute atomic E-state index is 0.00547. The van der Waals surface area contributed by atoms with Crippen LogP contribution in [0.3, 0.4) is 0 Å². The van der Waals surface area contributed by atoms with Gasteiger partial charge in [0, 0.05) is 31.4 Å². The lowest BCUT2D eigenvalue weighted by molar-refractivity contribution is 0.0940. The Hall–Kier alpha value is -1.55. The van der Waals surface area contributed by atoms with Gasteiger partial charge < -0.3 is 10.6 Å².